The molecule has 1 unspecified atom stereocenters. The van der Waals surface area contributed by atoms with Crippen LogP contribution in [-0.4, -0.2) is 36.1 Å². The van der Waals surface area contributed by atoms with Crippen molar-refractivity contribution in [1.82, 2.24) is 4.90 Å². The lowest BCUT2D eigenvalue weighted by atomic mass is 10.2. The van der Waals surface area contributed by atoms with Gasteiger partial charge in [-0.05, 0) is 44.9 Å². The molecule has 1 fully saturated rings. The van der Waals surface area contributed by atoms with Gasteiger partial charge in [-0.2, -0.15) is 0 Å². The zero-order chi connectivity index (χ0) is 13.8. The number of likely N-dealkylation sites (N-methyl/N-ethyl adjacent to an activating group) is 1. The Hall–Kier alpha value is -1.13. The number of benzene rings is 1. The van der Waals surface area contributed by atoms with Crippen molar-refractivity contribution in [2.45, 2.75) is 25.8 Å². The van der Waals surface area contributed by atoms with E-state index in [-0.39, 0.29) is 0 Å². The zero-order valence-electron chi connectivity index (χ0n) is 11.6. The second-order valence-corrected chi connectivity index (χ2v) is 5.71. The lowest BCUT2D eigenvalue weighted by molar-refractivity contribution is 0.186. The fraction of sp³-hybridized carbons (Fsp3) is 0.533. The number of rotatable bonds is 7. The van der Waals surface area contributed by atoms with E-state index in [4.69, 9.17) is 22.7 Å². The number of para-hydroxylation sites is 1. The Bertz CT molecular complexity index is 446. The number of ether oxygens (including phenoxy) is 1. The molecule has 0 heterocycles. The molecule has 1 saturated carbocycles. The van der Waals surface area contributed by atoms with Crippen LogP contribution in [0.5, 0.6) is 5.75 Å². The van der Waals surface area contributed by atoms with Gasteiger partial charge in [-0.3, -0.25) is 0 Å². The minimum atomic E-state index is 0.385. The fourth-order valence-electron chi connectivity index (χ4n) is 2.24. The van der Waals surface area contributed by atoms with Gasteiger partial charge in [0.05, 0.1) is 5.56 Å². The standard InChI is InChI=1S/C15H22N2OS/c1-11(12-7-8-12)17(2)9-10-18-14-6-4-3-5-13(14)15(16)19/h3-6,11-12H,7-10H2,1-2H3,(H2,16,19). The van der Waals surface area contributed by atoms with Gasteiger partial charge in [-0.15, -0.1) is 0 Å². The van der Waals surface area contributed by atoms with Crippen LogP contribution in [0.1, 0.15) is 25.3 Å². The molecular formula is C15H22N2OS. The second-order valence-electron chi connectivity index (χ2n) is 5.27. The van der Waals surface area contributed by atoms with Gasteiger partial charge in [0.15, 0.2) is 0 Å². The first-order valence-corrected chi connectivity index (χ1v) is 7.22. The third-order valence-corrected chi connectivity index (χ3v) is 4.07. The van der Waals surface area contributed by atoms with Crippen molar-refractivity contribution in [3.05, 3.63) is 29.8 Å². The van der Waals surface area contributed by atoms with Gasteiger partial charge < -0.3 is 15.4 Å². The Labute approximate surface area is 120 Å². The minimum Gasteiger partial charge on any atom is -0.492 e. The molecule has 2 N–H and O–H groups in total. The van der Waals surface area contributed by atoms with Crippen LogP contribution < -0.4 is 10.5 Å². The molecule has 0 saturated heterocycles. The lowest BCUT2D eigenvalue weighted by Gasteiger charge is -2.24. The Morgan fingerprint density at radius 2 is 2.16 bits per heavy atom. The monoisotopic (exact) mass is 278 g/mol. The van der Waals surface area contributed by atoms with Crippen LogP contribution in [0, 0.1) is 5.92 Å². The molecule has 2 rings (SSSR count). The number of hydrogen-bond donors (Lipinski definition) is 1. The maximum Gasteiger partial charge on any atom is 0.129 e. The molecule has 1 atom stereocenters. The van der Waals surface area contributed by atoms with Crippen LogP contribution in [0.2, 0.25) is 0 Å². The smallest absolute Gasteiger partial charge is 0.129 e. The van der Waals surface area contributed by atoms with Crippen LogP contribution >= 0.6 is 12.2 Å². The highest BCUT2D eigenvalue weighted by atomic mass is 32.1. The summed E-state index contributed by atoms with van der Waals surface area (Å²) < 4.78 is 5.81. The molecule has 104 valence electrons. The molecule has 0 radical (unpaired) electrons. The summed E-state index contributed by atoms with van der Waals surface area (Å²) in [5.41, 5.74) is 6.50. The summed E-state index contributed by atoms with van der Waals surface area (Å²) in [6.45, 7) is 3.87. The van der Waals surface area contributed by atoms with E-state index in [9.17, 15) is 0 Å². The summed E-state index contributed by atoms with van der Waals surface area (Å²) in [5, 5.41) is 0. The first-order chi connectivity index (χ1) is 9.09. The normalized spacial score (nSPS) is 16.4. The average molecular weight is 278 g/mol. The van der Waals surface area contributed by atoms with E-state index in [1.54, 1.807) is 0 Å². The van der Waals surface area contributed by atoms with Crippen molar-refractivity contribution < 1.29 is 4.74 Å². The van der Waals surface area contributed by atoms with E-state index in [2.05, 4.69) is 18.9 Å². The van der Waals surface area contributed by atoms with Crippen molar-refractivity contribution in [1.29, 1.82) is 0 Å². The first kappa shape index (κ1) is 14.3. The highest BCUT2D eigenvalue weighted by Crippen LogP contribution is 2.34. The van der Waals surface area contributed by atoms with E-state index >= 15 is 0 Å². The van der Waals surface area contributed by atoms with Crippen molar-refractivity contribution >= 4 is 17.2 Å². The molecule has 4 heteroatoms. The summed E-state index contributed by atoms with van der Waals surface area (Å²) in [5.74, 6) is 1.66. The second kappa shape index (κ2) is 6.35. The van der Waals surface area contributed by atoms with Gasteiger partial charge in [-0.25, -0.2) is 0 Å². The quantitative estimate of drug-likeness (QED) is 0.778. The Kier molecular flexibility index (Phi) is 4.77. The third-order valence-electron chi connectivity index (χ3n) is 3.85. The van der Waals surface area contributed by atoms with Gasteiger partial charge in [0.1, 0.15) is 17.3 Å². The molecule has 1 aromatic rings. The third kappa shape index (κ3) is 3.91. The summed E-state index contributed by atoms with van der Waals surface area (Å²) in [4.78, 5) is 2.75. The molecule has 0 bridgehead atoms. The van der Waals surface area contributed by atoms with Crippen molar-refractivity contribution in [3.8, 4) is 5.75 Å². The first-order valence-electron chi connectivity index (χ1n) is 6.81. The lowest BCUT2D eigenvalue weighted by Crippen LogP contribution is -2.34. The molecule has 3 nitrogen and oxygen atoms in total. The van der Waals surface area contributed by atoms with Crippen molar-refractivity contribution in [3.63, 3.8) is 0 Å². The summed E-state index contributed by atoms with van der Waals surface area (Å²) in [7, 11) is 2.16. The highest BCUT2D eigenvalue weighted by Gasteiger charge is 2.30. The van der Waals surface area contributed by atoms with Gasteiger partial charge in [0, 0.05) is 12.6 Å². The molecule has 0 aliphatic heterocycles. The molecule has 0 spiro atoms. The van der Waals surface area contributed by atoms with Crippen LogP contribution in [0.25, 0.3) is 0 Å². The molecule has 19 heavy (non-hydrogen) atoms. The maximum atomic E-state index is 5.81. The Morgan fingerprint density at radius 3 is 2.79 bits per heavy atom. The summed E-state index contributed by atoms with van der Waals surface area (Å²) in [6.07, 6.45) is 2.74. The van der Waals surface area contributed by atoms with Gasteiger partial charge in [0.25, 0.3) is 0 Å². The van der Waals surface area contributed by atoms with E-state index in [1.165, 1.54) is 12.8 Å². The van der Waals surface area contributed by atoms with Crippen LogP contribution in [-0.2, 0) is 0 Å². The average Bonchev–Trinajstić information content (AvgIpc) is 3.22. The zero-order valence-corrected chi connectivity index (χ0v) is 12.5. The topological polar surface area (TPSA) is 38.5 Å². The Balaban J connectivity index is 1.83. The summed E-state index contributed by atoms with van der Waals surface area (Å²) >= 11 is 5.02. The van der Waals surface area contributed by atoms with E-state index in [1.807, 2.05) is 24.3 Å². The van der Waals surface area contributed by atoms with E-state index < -0.39 is 0 Å². The fourth-order valence-corrected chi connectivity index (χ4v) is 2.41. The molecular weight excluding hydrogens is 256 g/mol. The van der Waals surface area contributed by atoms with E-state index in [0.717, 1.165) is 23.8 Å². The molecule has 1 aromatic carbocycles. The molecule has 1 aliphatic rings. The van der Waals surface area contributed by atoms with Gasteiger partial charge in [-0.1, -0.05) is 24.4 Å². The van der Waals surface area contributed by atoms with Crippen molar-refractivity contribution in [2.24, 2.45) is 11.7 Å². The molecule has 1 aliphatic carbocycles. The number of nitrogens with two attached hydrogens (primary N) is 1. The van der Waals surface area contributed by atoms with Crippen LogP contribution in [0.4, 0.5) is 0 Å². The summed E-state index contributed by atoms with van der Waals surface area (Å²) in [6, 6.07) is 8.32. The molecule has 0 amide bonds. The van der Waals surface area contributed by atoms with Crippen LogP contribution in [0.15, 0.2) is 24.3 Å². The molecule has 0 aromatic heterocycles. The van der Waals surface area contributed by atoms with Gasteiger partial charge in [0.2, 0.25) is 0 Å². The highest BCUT2D eigenvalue weighted by molar-refractivity contribution is 7.80. The number of hydrogen-bond acceptors (Lipinski definition) is 3. The van der Waals surface area contributed by atoms with Crippen molar-refractivity contribution in [2.75, 3.05) is 20.2 Å². The number of nitrogens with zero attached hydrogens (tertiary/aromatic N) is 1. The van der Waals surface area contributed by atoms with E-state index in [0.29, 0.717) is 17.6 Å². The largest absolute Gasteiger partial charge is 0.492 e. The predicted molar refractivity (Wildman–Crippen MR) is 82.6 cm³/mol. The predicted octanol–water partition coefficient (Wildman–Crippen LogP) is 2.43. The SMILES string of the molecule is CC(C1CC1)N(C)CCOc1ccccc1C(N)=S. The minimum absolute atomic E-state index is 0.385. The maximum absolute atomic E-state index is 5.81. The Morgan fingerprint density at radius 1 is 1.47 bits per heavy atom. The van der Waals surface area contributed by atoms with Crippen LogP contribution in [0.3, 0.4) is 0 Å². The number of thiocarbonyl (C=S) groups is 1. The van der Waals surface area contributed by atoms with Gasteiger partial charge >= 0.3 is 0 Å².